The number of para-hydroxylation sites is 1. The van der Waals surface area contributed by atoms with E-state index in [0.29, 0.717) is 31.4 Å². The summed E-state index contributed by atoms with van der Waals surface area (Å²) in [6.07, 6.45) is 1.83. The SMILES string of the molecule is COCc1cccc(C(=O)NCC2CCOc3ccccc3C2)n1. The van der Waals surface area contributed by atoms with Gasteiger partial charge in [-0.1, -0.05) is 24.3 Å². The smallest absolute Gasteiger partial charge is 0.269 e. The summed E-state index contributed by atoms with van der Waals surface area (Å²) in [5, 5.41) is 3.00. The van der Waals surface area contributed by atoms with Crippen LogP contribution in [0.15, 0.2) is 42.5 Å². The molecule has 1 aromatic carbocycles. The average Bonchev–Trinajstić information content (AvgIpc) is 2.82. The largest absolute Gasteiger partial charge is 0.493 e. The van der Waals surface area contributed by atoms with Crippen LogP contribution in [0.3, 0.4) is 0 Å². The number of carbonyl (C=O) groups excluding carboxylic acids is 1. The van der Waals surface area contributed by atoms with Gasteiger partial charge in [0.2, 0.25) is 0 Å². The maximum Gasteiger partial charge on any atom is 0.269 e. The Labute approximate surface area is 142 Å². The molecular formula is C19H22N2O3. The highest BCUT2D eigenvalue weighted by Crippen LogP contribution is 2.26. The highest BCUT2D eigenvalue weighted by molar-refractivity contribution is 5.92. The zero-order valence-electron chi connectivity index (χ0n) is 13.8. The first-order valence-corrected chi connectivity index (χ1v) is 8.20. The number of nitrogens with zero attached hydrogens (tertiary/aromatic N) is 1. The average molecular weight is 326 g/mol. The molecule has 5 nitrogen and oxygen atoms in total. The second-order valence-corrected chi connectivity index (χ2v) is 5.97. The van der Waals surface area contributed by atoms with Gasteiger partial charge in [0.05, 0.1) is 18.9 Å². The molecule has 1 N–H and O–H groups in total. The fourth-order valence-corrected chi connectivity index (χ4v) is 2.90. The molecule has 2 heterocycles. The van der Waals surface area contributed by atoms with E-state index in [1.807, 2.05) is 30.3 Å². The number of ether oxygens (including phenoxy) is 2. The molecule has 1 aromatic heterocycles. The van der Waals surface area contributed by atoms with Crippen LogP contribution in [0.1, 0.15) is 28.2 Å². The lowest BCUT2D eigenvalue weighted by Gasteiger charge is -2.14. The summed E-state index contributed by atoms with van der Waals surface area (Å²) >= 11 is 0. The predicted octanol–water partition coefficient (Wildman–Crippen LogP) is 2.60. The lowest BCUT2D eigenvalue weighted by atomic mass is 9.97. The summed E-state index contributed by atoms with van der Waals surface area (Å²) in [7, 11) is 1.61. The maximum atomic E-state index is 12.3. The van der Waals surface area contributed by atoms with Crippen molar-refractivity contribution in [1.82, 2.24) is 10.3 Å². The van der Waals surface area contributed by atoms with E-state index >= 15 is 0 Å². The third-order valence-corrected chi connectivity index (χ3v) is 4.15. The van der Waals surface area contributed by atoms with E-state index in [1.165, 1.54) is 5.56 Å². The van der Waals surface area contributed by atoms with Gasteiger partial charge in [0.15, 0.2) is 0 Å². The summed E-state index contributed by atoms with van der Waals surface area (Å²) in [6, 6.07) is 13.5. The van der Waals surface area contributed by atoms with E-state index in [9.17, 15) is 4.79 Å². The number of rotatable bonds is 5. The van der Waals surface area contributed by atoms with Crippen molar-refractivity contribution < 1.29 is 14.3 Å². The van der Waals surface area contributed by atoms with Gasteiger partial charge in [0, 0.05) is 13.7 Å². The Morgan fingerprint density at radius 1 is 1.29 bits per heavy atom. The minimum absolute atomic E-state index is 0.147. The molecule has 0 saturated carbocycles. The van der Waals surface area contributed by atoms with Crippen molar-refractivity contribution in [3.05, 3.63) is 59.4 Å². The Bertz CT molecular complexity index is 703. The number of nitrogens with one attached hydrogen (secondary N) is 1. The van der Waals surface area contributed by atoms with Gasteiger partial charge in [-0.25, -0.2) is 4.98 Å². The second kappa shape index (κ2) is 7.93. The quantitative estimate of drug-likeness (QED) is 0.917. The van der Waals surface area contributed by atoms with Crippen LogP contribution in [0.4, 0.5) is 0 Å². The molecule has 1 aliphatic rings. The number of benzene rings is 1. The molecule has 0 radical (unpaired) electrons. The standard InChI is InChI=1S/C19H22N2O3/c1-23-13-16-6-4-7-17(21-16)19(22)20-12-14-9-10-24-18-8-3-2-5-15(18)11-14/h2-8,14H,9-13H2,1H3,(H,20,22). The van der Waals surface area contributed by atoms with Gasteiger partial charge in [0.1, 0.15) is 11.4 Å². The van der Waals surface area contributed by atoms with Crippen molar-refractivity contribution in [3.63, 3.8) is 0 Å². The first-order valence-electron chi connectivity index (χ1n) is 8.20. The van der Waals surface area contributed by atoms with Crippen LogP contribution in [0.5, 0.6) is 5.75 Å². The van der Waals surface area contributed by atoms with E-state index in [1.54, 1.807) is 13.2 Å². The van der Waals surface area contributed by atoms with Crippen molar-refractivity contribution in [2.75, 3.05) is 20.3 Å². The first-order chi connectivity index (χ1) is 11.8. The van der Waals surface area contributed by atoms with Gasteiger partial charge in [-0.3, -0.25) is 4.79 Å². The van der Waals surface area contributed by atoms with E-state index in [2.05, 4.69) is 16.4 Å². The van der Waals surface area contributed by atoms with Crippen LogP contribution in [0, 0.1) is 5.92 Å². The summed E-state index contributed by atoms with van der Waals surface area (Å²) in [5.41, 5.74) is 2.38. The number of amides is 1. The van der Waals surface area contributed by atoms with Gasteiger partial charge in [0.25, 0.3) is 5.91 Å². The van der Waals surface area contributed by atoms with Crippen molar-refractivity contribution in [2.24, 2.45) is 5.92 Å². The monoisotopic (exact) mass is 326 g/mol. The van der Waals surface area contributed by atoms with Crippen LogP contribution in [0.25, 0.3) is 0 Å². The van der Waals surface area contributed by atoms with Crippen LogP contribution in [-0.4, -0.2) is 31.2 Å². The third-order valence-electron chi connectivity index (χ3n) is 4.15. The number of aromatic nitrogens is 1. The van der Waals surface area contributed by atoms with Crippen LogP contribution >= 0.6 is 0 Å². The second-order valence-electron chi connectivity index (χ2n) is 5.97. The van der Waals surface area contributed by atoms with Gasteiger partial charge in [-0.2, -0.15) is 0 Å². The third kappa shape index (κ3) is 4.11. The number of hydrogen-bond donors (Lipinski definition) is 1. The molecule has 0 spiro atoms. The molecular weight excluding hydrogens is 304 g/mol. The Kier molecular flexibility index (Phi) is 5.43. The number of hydrogen-bond acceptors (Lipinski definition) is 4. The fourth-order valence-electron chi connectivity index (χ4n) is 2.90. The highest BCUT2D eigenvalue weighted by atomic mass is 16.5. The molecule has 1 unspecified atom stereocenters. The summed E-state index contributed by atoms with van der Waals surface area (Å²) in [5.74, 6) is 1.17. The van der Waals surface area contributed by atoms with Gasteiger partial charge in [-0.15, -0.1) is 0 Å². The summed E-state index contributed by atoms with van der Waals surface area (Å²) in [4.78, 5) is 16.6. The minimum Gasteiger partial charge on any atom is -0.493 e. The molecule has 2 aromatic rings. The molecule has 1 aliphatic heterocycles. The Morgan fingerprint density at radius 2 is 2.17 bits per heavy atom. The van der Waals surface area contributed by atoms with Crippen molar-refractivity contribution in [1.29, 1.82) is 0 Å². The number of pyridine rings is 1. The Morgan fingerprint density at radius 3 is 3.04 bits per heavy atom. The molecule has 0 fully saturated rings. The van der Waals surface area contributed by atoms with E-state index in [-0.39, 0.29) is 5.91 Å². The van der Waals surface area contributed by atoms with Crippen LogP contribution < -0.4 is 10.1 Å². The zero-order valence-corrected chi connectivity index (χ0v) is 13.8. The molecule has 3 rings (SSSR count). The normalized spacial score (nSPS) is 16.6. The van der Waals surface area contributed by atoms with E-state index in [4.69, 9.17) is 9.47 Å². The predicted molar refractivity (Wildman–Crippen MR) is 91.0 cm³/mol. The van der Waals surface area contributed by atoms with Gasteiger partial charge in [-0.05, 0) is 42.5 Å². The van der Waals surface area contributed by atoms with Crippen LogP contribution in [0.2, 0.25) is 0 Å². The lowest BCUT2D eigenvalue weighted by Crippen LogP contribution is -2.31. The van der Waals surface area contributed by atoms with E-state index < -0.39 is 0 Å². The molecule has 1 atom stereocenters. The Hall–Kier alpha value is -2.40. The summed E-state index contributed by atoms with van der Waals surface area (Å²) in [6.45, 7) is 1.70. The summed E-state index contributed by atoms with van der Waals surface area (Å²) < 4.78 is 10.8. The molecule has 0 aliphatic carbocycles. The maximum absolute atomic E-state index is 12.3. The molecule has 24 heavy (non-hydrogen) atoms. The zero-order chi connectivity index (χ0) is 16.8. The Balaban J connectivity index is 1.59. The molecule has 1 amide bonds. The van der Waals surface area contributed by atoms with Gasteiger partial charge >= 0.3 is 0 Å². The van der Waals surface area contributed by atoms with Crippen molar-refractivity contribution in [3.8, 4) is 5.75 Å². The first kappa shape index (κ1) is 16.5. The van der Waals surface area contributed by atoms with Crippen LogP contribution in [-0.2, 0) is 17.8 Å². The fraction of sp³-hybridized carbons (Fsp3) is 0.368. The number of methoxy groups -OCH3 is 1. The number of carbonyl (C=O) groups is 1. The van der Waals surface area contributed by atoms with Crippen molar-refractivity contribution >= 4 is 5.91 Å². The molecule has 0 saturated heterocycles. The highest BCUT2D eigenvalue weighted by Gasteiger charge is 2.18. The lowest BCUT2D eigenvalue weighted by molar-refractivity contribution is 0.0939. The number of fused-ring (bicyclic) bond motifs is 1. The minimum atomic E-state index is -0.147. The molecule has 0 bridgehead atoms. The molecule has 126 valence electrons. The van der Waals surface area contributed by atoms with E-state index in [0.717, 1.165) is 24.3 Å². The van der Waals surface area contributed by atoms with Crippen molar-refractivity contribution in [2.45, 2.75) is 19.4 Å². The van der Waals surface area contributed by atoms with Gasteiger partial charge < -0.3 is 14.8 Å². The topological polar surface area (TPSA) is 60.5 Å². The molecule has 5 heteroatoms.